The van der Waals surface area contributed by atoms with E-state index in [1.54, 1.807) is 12.1 Å². The summed E-state index contributed by atoms with van der Waals surface area (Å²) in [5, 5.41) is 10.7. The third-order valence-electron chi connectivity index (χ3n) is 5.45. The fourth-order valence-corrected chi connectivity index (χ4v) is 3.82. The number of hydrogen-bond acceptors (Lipinski definition) is 4. The Labute approximate surface area is 138 Å². The highest BCUT2D eigenvalue weighted by Gasteiger charge is 2.27. The molecule has 0 unspecified atom stereocenters. The van der Waals surface area contributed by atoms with Crippen molar-refractivity contribution in [3.05, 3.63) is 39.9 Å². The van der Waals surface area contributed by atoms with Crippen LogP contribution in [0.1, 0.15) is 38.2 Å². The van der Waals surface area contributed by atoms with Crippen molar-refractivity contribution >= 4 is 5.69 Å². The van der Waals surface area contributed by atoms with Crippen LogP contribution in [0.3, 0.4) is 0 Å². The highest BCUT2D eigenvalue weighted by atomic mass is 16.6. The highest BCUT2D eigenvalue weighted by Crippen LogP contribution is 2.24. The standard InChI is InChI=1S/C18H27N3O2/c1-15-6-12-20(13-7-15)17-8-10-19(11-9-17)14-16-2-4-18(5-3-16)21(22)23/h2-5,15,17H,6-14H2,1H3. The predicted molar refractivity (Wildman–Crippen MR) is 91.4 cm³/mol. The summed E-state index contributed by atoms with van der Waals surface area (Å²) in [6.07, 6.45) is 5.20. The molecule has 0 bridgehead atoms. The maximum absolute atomic E-state index is 10.7. The van der Waals surface area contributed by atoms with Crippen LogP contribution in [0.2, 0.25) is 0 Å². The van der Waals surface area contributed by atoms with Crippen molar-refractivity contribution < 1.29 is 4.92 Å². The molecular formula is C18H27N3O2. The molecule has 0 aliphatic carbocycles. The largest absolute Gasteiger partial charge is 0.300 e. The first-order chi connectivity index (χ1) is 11.1. The number of hydrogen-bond donors (Lipinski definition) is 0. The van der Waals surface area contributed by atoms with Gasteiger partial charge in [0.2, 0.25) is 0 Å². The Hall–Kier alpha value is -1.46. The molecule has 2 aliphatic heterocycles. The Morgan fingerprint density at radius 2 is 1.65 bits per heavy atom. The predicted octanol–water partition coefficient (Wildman–Crippen LogP) is 3.29. The summed E-state index contributed by atoms with van der Waals surface area (Å²) in [6.45, 7) is 8.08. The SMILES string of the molecule is CC1CCN(C2CCN(Cc3ccc([N+](=O)[O-])cc3)CC2)CC1. The molecule has 23 heavy (non-hydrogen) atoms. The van der Waals surface area contributed by atoms with E-state index >= 15 is 0 Å². The van der Waals surface area contributed by atoms with Gasteiger partial charge in [-0.2, -0.15) is 0 Å². The van der Waals surface area contributed by atoms with Crippen LogP contribution in [0, 0.1) is 16.0 Å². The molecule has 126 valence electrons. The second kappa shape index (κ2) is 7.41. The zero-order valence-corrected chi connectivity index (χ0v) is 14.0. The van der Waals surface area contributed by atoms with Gasteiger partial charge in [0.15, 0.2) is 0 Å². The van der Waals surface area contributed by atoms with Gasteiger partial charge in [0.05, 0.1) is 4.92 Å². The second-order valence-corrected chi connectivity index (χ2v) is 7.15. The van der Waals surface area contributed by atoms with Gasteiger partial charge < -0.3 is 4.90 Å². The zero-order chi connectivity index (χ0) is 16.2. The molecule has 3 rings (SSSR count). The molecular weight excluding hydrogens is 290 g/mol. The van der Waals surface area contributed by atoms with Crippen LogP contribution in [0.25, 0.3) is 0 Å². The van der Waals surface area contributed by atoms with E-state index < -0.39 is 0 Å². The van der Waals surface area contributed by atoms with Crippen molar-refractivity contribution in [1.29, 1.82) is 0 Å². The molecule has 0 radical (unpaired) electrons. The number of nitro benzene ring substituents is 1. The van der Waals surface area contributed by atoms with Gasteiger partial charge >= 0.3 is 0 Å². The highest BCUT2D eigenvalue weighted by molar-refractivity contribution is 5.32. The van der Waals surface area contributed by atoms with Crippen LogP contribution in [0.15, 0.2) is 24.3 Å². The number of piperidine rings is 2. The van der Waals surface area contributed by atoms with Gasteiger partial charge in [0.25, 0.3) is 5.69 Å². The Bertz CT molecular complexity index is 516. The average Bonchev–Trinajstić information content (AvgIpc) is 2.57. The minimum atomic E-state index is -0.339. The molecule has 2 saturated heterocycles. The van der Waals surface area contributed by atoms with Crippen LogP contribution in [0.5, 0.6) is 0 Å². The summed E-state index contributed by atoms with van der Waals surface area (Å²) in [7, 11) is 0. The van der Waals surface area contributed by atoms with Crippen LogP contribution in [-0.2, 0) is 6.54 Å². The van der Waals surface area contributed by atoms with E-state index in [2.05, 4.69) is 16.7 Å². The summed E-state index contributed by atoms with van der Waals surface area (Å²) >= 11 is 0. The second-order valence-electron chi connectivity index (χ2n) is 7.15. The maximum atomic E-state index is 10.7. The lowest BCUT2D eigenvalue weighted by Gasteiger charge is -2.41. The smallest absolute Gasteiger partial charge is 0.269 e. The lowest BCUT2D eigenvalue weighted by Crippen LogP contribution is -2.47. The summed E-state index contributed by atoms with van der Waals surface area (Å²) in [5.74, 6) is 0.897. The molecule has 1 aromatic carbocycles. The van der Waals surface area contributed by atoms with Crippen LogP contribution in [-0.4, -0.2) is 46.9 Å². The molecule has 2 aliphatic rings. The van der Waals surface area contributed by atoms with Gasteiger partial charge in [0.1, 0.15) is 0 Å². The quantitative estimate of drug-likeness (QED) is 0.631. The molecule has 0 N–H and O–H groups in total. The van der Waals surface area contributed by atoms with E-state index in [1.807, 2.05) is 12.1 Å². The Kier molecular flexibility index (Phi) is 5.28. The van der Waals surface area contributed by atoms with E-state index in [9.17, 15) is 10.1 Å². The molecule has 5 heteroatoms. The van der Waals surface area contributed by atoms with Gasteiger partial charge in [-0.15, -0.1) is 0 Å². The topological polar surface area (TPSA) is 49.6 Å². The zero-order valence-electron chi connectivity index (χ0n) is 14.0. The lowest BCUT2D eigenvalue weighted by atomic mass is 9.95. The van der Waals surface area contributed by atoms with Gasteiger partial charge in [-0.25, -0.2) is 0 Å². The molecule has 2 fully saturated rings. The van der Waals surface area contributed by atoms with Crippen molar-refractivity contribution in [2.75, 3.05) is 26.2 Å². The molecule has 2 heterocycles. The van der Waals surface area contributed by atoms with E-state index in [0.717, 1.165) is 31.6 Å². The normalized spacial score (nSPS) is 22.3. The molecule has 5 nitrogen and oxygen atoms in total. The number of nitrogens with zero attached hydrogens (tertiary/aromatic N) is 3. The Morgan fingerprint density at radius 3 is 2.22 bits per heavy atom. The van der Waals surface area contributed by atoms with E-state index in [4.69, 9.17) is 0 Å². The summed E-state index contributed by atoms with van der Waals surface area (Å²) in [4.78, 5) is 15.5. The lowest BCUT2D eigenvalue weighted by molar-refractivity contribution is -0.384. The number of rotatable bonds is 4. The molecule has 0 saturated carbocycles. The summed E-state index contributed by atoms with van der Waals surface area (Å²) in [5.41, 5.74) is 1.34. The van der Waals surface area contributed by atoms with E-state index in [0.29, 0.717) is 0 Å². The van der Waals surface area contributed by atoms with Crippen LogP contribution in [0.4, 0.5) is 5.69 Å². The first-order valence-electron chi connectivity index (χ1n) is 8.81. The first-order valence-corrected chi connectivity index (χ1v) is 8.81. The van der Waals surface area contributed by atoms with Gasteiger partial charge in [-0.1, -0.05) is 19.1 Å². The monoisotopic (exact) mass is 317 g/mol. The van der Waals surface area contributed by atoms with Crippen molar-refractivity contribution in [3.8, 4) is 0 Å². The van der Waals surface area contributed by atoms with E-state index in [1.165, 1.54) is 44.3 Å². The van der Waals surface area contributed by atoms with E-state index in [-0.39, 0.29) is 10.6 Å². The van der Waals surface area contributed by atoms with Crippen LogP contribution < -0.4 is 0 Å². The minimum Gasteiger partial charge on any atom is -0.300 e. The molecule has 1 aromatic rings. The van der Waals surface area contributed by atoms with Gasteiger partial charge in [0, 0.05) is 24.7 Å². The van der Waals surface area contributed by atoms with Crippen molar-refractivity contribution in [3.63, 3.8) is 0 Å². The van der Waals surface area contributed by atoms with Crippen molar-refractivity contribution in [2.24, 2.45) is 5.92 Å². The van der Waals surface area contributed by atoms with Crippen molar-refractivity contribution in [2.45, 2.75) is 45.2 Å². The molecule has 0 spiro atoms. The number of nitro groups is 1. The maximum Gasteiger partial charge on any atom is 0.269 e. The average molecular weight is 317 g/mol. The first kappa shape index (κ1) is 16.4. The fourth-order valence-electron chi connectivity index (χ4n) is 3.82. The summed E-state index contributed by atoms with van der Waals surface area (Å²) < 4.78 is 0. The third kappa shape index (κ3) is 4.30. The van der Waals surface area contributed by atoms with Gasteiger partial charge in [-0.05, 0) is 63.3 Å². The Balaban J connectivity index is 1.46. The number of likely N-dealkylation sites (tertiary alicyclic amines) is 2. The minimum absolute atomic E-state index is 0.173. The molecule has 0 amide bonds. The summed E-state index contributed by atoms with van der Waals surface area (Å²) in [6, 6.07) is 7.75. The third-order valence-corrected chi connectivity index (χ3v) is 5.45. The number of benzene rings is 1. The number of non-ortho nitro benzene ring substituents is 1. The van der Waals surface area contributed by atoms with Crippen molar-refractivity contribution in [1.82, 2.24) is 9.80 Å². The molecule has 0 atom stereocenters. The Morgan fingerprint density at radius 1 is 1.04 bits per heavy atom. The van der Waals surface area contributed by atoms with Gasteiger partial charge in [-0.3, -0.25) is 15.0 Å². The fraction of sp³-hybridized carbons (Fsp3) is 0.667. The molecule has 0 aromatic heterocycles. The van der Waals surface area contributed by atoms with Crippen LogP contribution >= 0.6 is 0 Å².